The van der Waals surface area contributed by atoms with Crippen molar-refractivity contribution in [1.29, 1.82) is 0 Å². The summed E-state index contributed by atoms with van der Waals surface area (Å²) in [6.45, 7) is 5.39. The minimum absolute atomic E-state index is 0.0739. The Hall–Kier alpha value is -0.550. The van der Waals surface area contributed by atoms with E-state index in [4.69, 9.17) is 4.42 Å². The molecule has 2 atom stereocenters. The first kappa shape index (κ1) is 9.54. The van der Waals surface area contributed by atoms with E-state index in [0.717, 1.165) is 0 Å². The lowest BCUT2D eigenvalue weighted by Crippen LogP contribution is -2.14. The fourth-order valence-corrected chi connectivity index (χ4v) is 1.36. The Bertz CT molecular complexity index is 249. The van der Waals surface area contributed by atoms with Gasteiger partial charge in [-0.2, -0.15) is 0 Å². The van der Waals surface area contributed by atoms with Crippen molar-refractivity contribution in [2.75, 3.05) is 0 Å². The summed E-state index contributed by atoms with van der Waals surface area (Å²) in [6.07, 6.45) is -0.373. The van der Waals surface area contributed by atoms with Crippen molar-refractivity contribution in [3.8, 4) is 0 Å². The normalized spacial score (nSPS) is 16.0. The Morgan fingerprint density at radius 3 is 2.50 bits per heavy atom. The van der Waals surface area contributed by atoms with Gasteiger partial charge in [0.2, 0.25) is 5.89 Å². The van der Waals surface area contributed by atoms with Crippen molar-refractivity contribution in [2.45, 2.75) is 37.3 Å². The molecule has 0 aliphatic rings. The Kier molecular flexibility index (Phi) is 3.11. The maximum absolute atomic E-state index is 9.18. The molecule has 0 saturated heterocycles. The first-order valence-electron chi connectivity index (χ1n) is 3.74. The van der Waals surface area contributed by atoms with Crippen molar-refractivity contribution in [1.82, 2.24) is 10.2 Å². The molecule has 12 heavy (non-hydrogen) atoms. The molecule has 0 aliphatic carbocycles. The molecule has 0 radical (unpaired) electrons. The first-order valence-corrected chi connectivity index (χ1v) is 4.62. The second-order valence-electron chi connectivity index (χ2n) is 2.65. The smallest absolute Gasteiger partial charge is 0.276 e. The van der Waals surface area contributed by atoms with Gasteiger partial charge in [-0.05, 0) is 6.92 Å². The molecule has 1 aromatic heterocycles. The molecule has 1 aromatic rings. The van der Waals surface area contributed by atoms with Crippen molar-refractivity contribution in [3.05, 3.63) is 5.89 Å². The summed E-state index contributed by atoms with van der Waals surface area (Å²) in [5.74, 6) is 0.551. The van der Waals surface area contributed by atoms with E-state index >= 15 is 0 Å². The van der Waals surface area contributed by atoms with Crippen LogP contribution in [0.3, 0.4) is 0 Å². The fraction of sp³-hybridized carbons (Fsp3) is 0.714. The van der Waals surface area contributed by atoms with Gasteiger partial charge in [-0.25, -0.2) is 0 Å². The minimum Gasteiger partial charge on any atom is -0.416 e. The van der Waals surface area contributed by atoms with Crippen molar-refractivity contribution >= 4 is 11.8 Å². The van der Waals surface area contributed by atoms with Gasteiger partial charge in [0, 0.05) is 12.2 Å². The summed E-state index contributed by atoms with van der Waals surface area (Å²) >= 11 is 1.38. The van der Waals surface area contributed by atoms with E-state index in [9.17, 15) is 5.11 Å². The van der Waals surface area contributed by atoms with Crippen LogP contribution in [0.1, 0.15) is 19.7 Å². The zero-order chi connectivity index (χ0) is 9.14. The third-order valence-electron chi connectivity index (χ3n) is 1.47. The summed E-state index contributed by atoms with van der Waals surface area (Å²) in [7, 11) is 0. The van der Waals surface area contributed by atoms with E-state index < -0.39 is 0 Å². The molecule has 4 nitrogen and oxygen atoms in total. The average molecular weight is 188 g/mol. The molecule has 0 amide bonds. The standard InChI is InChI=1S/C7H12N2O2S/c1-4(10)5(2)12-7-9-8-6(3)11-7/h4-5,10H,1-3H3. The molecule has 0 saturated carbocycles. The molecule has 5 heteroatoms. The zero-order valence-corrected chi connectivity index (χ0v) is 8.13. The molecule has 0 fully saturated rings. The number of nitrogens with zero attached hydrogens (tertiary/aromatic N) is 2. The SMILES string of the molecule is Cc1nnc(SC(C)C(C)O)o1. The average Bonchev–Trinajstić information content (AvgIpc) is 2.35. The van der Waals surface area contributed by atoms with Crippen LogP contribution in [0.5, 0.6) is 0 Å². The number of aryl methyl sites for hydroxylation is 1. The Labute approximate surface area is 75.4 Å². The van der Waals surface area contributed by atoms with E-state index in [1.807, 2.05) is 6.92 Å². The topological polar surface area (TPSA) is 59.2 Å². The second kappa shape index (κ2) is 3.91. The highest BCUT2D eigenvalue weighted by atomic mass is 32.2. The predicted octanol–water partition coefficient (Wildman–Crippen LogP) is 1.24. The van der Waals surface area contributed by atoms with Crippen LogP contribution in [0, 0.1) is 6.92 Å². The number of thioether (sulfide) groups is 1. The van der Waals surface area contributed by atoms with Crippen LogP contribution in [-0.2, 0) is 0 Å². The molecule has 1 rings (SSSR count). The van der Waals surface area contributed by atoms with Crippen LogP contribution in [0.4, 0.5) is 0 Å². The third kappa shape index (κ3) is 2.49. The van der Waals surface area contributed by atoms with E-state index in [1.54, 1.807) is 13.8 Å². The van der Waals surface area contributed by atoms with E-state index in [-0.39, 0.29) is 11.4 Å². The highest BCUT2D eigenvalue weighted by Gasteiger charge is 2.13. The number of hydrogen-bond donors (Lipinski definition) is 1. The van der Waals surface area contributed by atoms with Gasteiger partial charge in [-0.15, -0.1) is 10.2 Å². The number of hydrogen-bond acceptors (Lipinski definition) is 5. The van der Waals surface area contributed by atoms with Crippen LogP contribution in [0.25, 0.3) is 0 Å². The van der Waals surface area contributed by atoms with E-state index in [0.29, 0.717) is 11.1 Å². The molecule has 2 unspecified atom stereocenters. The molecule has 0 aromatic carbocycles. The predicted molar refractivity (Wildman–Crippen MR) is 46.0 cm³/mol. The van der Waals surface area contributed by atoms with Gasteiger partial charge < -0.3 is 9.52 Å². The van der Waals surface area contributed by atoms with E-state index in [1.165, 1.54) is 11.8 Å². The molecule has 1 N–H and O–H groups in total. The second-order valence-corrected chi connectivity index (χ2v) is 3.98. The Balaban J connectivity index is 2.52. The van der Waals surface area contributed by atoms with Crippen LogP contribution < -0.4 is 0 Å². The van der Waals surface area contributed by atoms with Crippen molar-refractivity contribution < 1.29 is 9.52 Å². The van der Waals surface area contributed by atoms with Gasteiger partial charge in [0.25, 0.3) is 5.22 Å². The Morgan fingerprint density at radius 2 is 2.08 bits per heavy atom. The van der Waals surface area contributed by atoms with Gasteiger partial charge in [0.15, 0.2) is 0 Å². The molecule has 0 bridgehead atoms. The van der Waals surface area contributed by atoms with Crippen LogP contribution in [0.15, 0.2) is 9.64 Å². The molecule has 1 heterocycles. The highest BCUT2D eigenvalue weighted by Crippen LogP contribution is 2.23. The molecule has 0 aliphatic heterocycles. The molecular weight excluding hydrogens is 176 g/mol. The number of aromatic nitrogens is 2. The lowest BCUT2D eigenvalue weighted by molar-refractivity contribution is 0.196. The maximum atomic E-state index is 9.18. The summed E-state index contributed by atoms with van der Waals surface area (Å²) in [6, 6.07) is 0. The highest BCUT2D eigenvalue weighted by molar-refractivity contribution is 7.99. The van der Waals surface area contributed by atoms with Crippen molar-refractivity contribution in [3.63, 3.8) is 0 Å². The fourth-order valence-electron chi connectivity index (χ4n) is 0.584. The van der Waals surface area contributed by atoms with Crippen LogP contribution in [-0.4, -0.2) is 26.7 Å². The number of aliphatic hydroxyl groups excluding tert-OH is 1. The summed E-state index contributed by atoms with van der Waals surface area (Å²) < 4.78 is 5.13. The van der Waals surface area contributed by atoms with Gasteiger partial charge >= 0.3 is 0 Å². The summed E-state index contributed by atoms with van der Waals surface area (Å²) in [5.41, 5.74) is 0. The van der Waals surface area contributed by atoms with Gasteiger partial charge in [-0.3, -0.25) is 0 Å². The van der Waals surface area contributed by atoms with Crippen molar-refractivity contribution in [2.24, 2.45) is 0 Å². The Morgan fingerprint density at radius 1 is 1.42 bits per heavy atom. The molecule has 0 spiro atoms. The quantitative estimate of drug-likeness (QED) is 0.723. The maximum Gasteiger partial charge on any atom is 0.276 e. The van der Waals surface area contributed by atoms with Crippen LogP contribution in [0.2, 0.25) is 0 Å². The van der Waals surface area contributed by atoms with Gasteiger partial charge in [0.1, 0.15) is 0 Å². The summed E-state index contributed by atoms with van der Waals surface area (Å²) in [5, 5.41) is 17.3. The lowest BCUT2D eigenvalue weighted by atomic mass is 10.3. The van der Waals surface area contributed by atoms with E-state index in [2.05, 4.69) is 10.2 Å². The monoisotopic (exact) mass is 188 g/mol. The molecule has 68 valence electrons. The number of aliphatic hydroxyl groups is 1. The lowest BCUT2D eigenvalue weighted by Gasteiger charge is -2.10. The summed E-state index contributed by atoms with van der Waals surface area (Å²) in [4.78, 5) is 0. The zero-order valence-electron chi connectivity index (χ0n) is 7.31. The largest absolute Gasteiger partial charge is 0.416 e. The first-order chi connectivity index (χ1) is 5.59. The third-order valence-corrected chi connectivity index (χ3v) is 2.61. The minimum atomic E-state index is -0.373. The number of rotatable bonds is 3. The van der Waals surface area contributed by atoms with Gasteiger partial charge in [0.05, 0.1) is 6.10 Å². The van der Waals surface area contributed by atoms with Gasteiger partial charge in [-0.1, -0.05) is 18.7 Å². The molecular formula is C7H12N2O2S. The van der Waals surface area contributed by atoms with Crippen LogP contribution >= 0.6 is 11.8 Å².